The third kappa shape index (κ3) is 2.81. The van der Waals surface area contributed by atoms with Crippen molar-refractivity contribution >= 4 is 17.2 Å². The minimum atomic E-state index is -0.365. The van der Waals surface area contributed by atoms with Crippen LogP contribution in [0.4, 0.5) is 0 Å². The van der Waals surface area contributed by atoms with Gasteiger partial charge < -0.3 is 9.64 Å². The van der Waals surface area contributed by atoms with Gasteiger partial charge in [0.2, 0.25) is 0 Å². The van der Waals surface area contributed by atoms with Crippen molar-refractivity contribution in [2.45, 2.75) is 45.1 Å². The first-order valence-corrected chi connectivity index (χ1v) is 9.44. The summed E-state index contributed by atoms with van der Waals surface area (Å²) in [6.45, 7) is 5.78. The molecule has 2 aliphatic rings. The van der Waals surface area contributed by atoms with E-state index in [4.69, 9.17) is 4.74 Å². The number of fused-ring (bicyclic) bond motifs is 1. The molecule has 126 valence electrons. The lowest BCUT2D eigenvalue weighted by atomic mass is 9.97. The lowest BCUT2D eigenvalue weighted by molar-refractivity contribution is -0.139. The second-order valence-electron chi connectivity index (χ2n) is 6.85. The number of thiazole rings is 1. The highest BCUT2D eigenvalue weighted by atomic mass is 32.1. The maximum Gasteiger partial charge on any atom is 0.264 e. The molecule has 0 spiro atoms. The Labute approximate surface area is 146 Å². The molecular weight excluding hydrogens is 320 g/mol. The third-order valence-electron chi connectivity index (χ3n) is 5.16. The SMILES string of the molecule is Cc1cc2c(cc1C)O[C@H](C(=O)N1CCC[C@H](c3nccs3)C1)C2. The Kier molecular flexibility index (Phi) is 4.04. The molecule has 0 unspecified atom stereocenters. The second-order valence-corrected chi connectivity index (χ2v) is 7.77. The van der Waals surface area contributed by atoms with Gasteiger partial charge in [-0.3, -0.25) is 4.79 Å². The summed E-state index contributed by atoms with van der Waals surface area (Å²) in [5.41, 5.74) is 3.63. The monoisotopic (exact) mass is 342 g/mol. The Morgan fingerprint density at radius 2 is 2.17 bits per heavy atom. The average Bonchev–Trinajstić information content (AvgIpc) is 3.24. The van der Waals surface area contributed by atoms with Crippen LogP contribution in [0.25, 0.3) is 0 Å². The number of aryl methyl sites for hydroxylation is 2. The summed E-state index contributed by atoms with van der Waals surface area (Å²) < 4.78 is 5.98. The van der Waals surface area contributed by atoms with E-state index in [0.717, 1.165) is 42.3 Å². The Morgan fingerprint density at radius 3 is 2.96 bits per heavy atom. The molecule has 0 saturated carbocycles. The molecule has 3 heterocycles. The van der Waals surface area contributed by atoms with Gasteiger partial charge in [0.25, 0.3) is 5.91 Å². The van der Waals surface area contributed by atoms with Crippen LogP contribution >= 0.6 is 11.3 Å². The van der Waals surface area contributed by atoms with E-state index < -0.39 is 0 Å². The van der Waals surface area contributed by atoms with Gasteiger partial charge in [0, 0.05) is 37.0 Å². The van der Waals surface area contributed by atoms with Crippen LogP contribution in [0.1, 0.15) is 40.5 Å². The molecule has 2 atom stereocenters. The number of rotatable bonds is 2. The number of hydrogen-bond acceptors (Lipinski definition) is 4. The Bertz CT molecular complexity index is 726. The van der Waals surface area contributed by atoms with E-state index in [-0.39, 0.29) is 12.0 Å². The quantitative estimate of drug-likeness (QED) is 0.839. The lowest BCUT2D eigenvalue weighted by Crippen LogP contribution is -2.45. The van der Waals surface area contributed by atoms with Gasteiger partial charge in [-0.2, -0.15) is 0 Å². The molecule has 1 aromatic carbocycles. The molecule has 2 aromatic rings. The smallest absolute Gasteiger partial charge is 0.264 e. The first kappa shape index (κ1) is 15.6. The van der Waals surface area contributed by atoms with Crippen LogP contribution in [0, 0.1) is 13.8 Å². The van der Waals surface area contributed by atoms with E-state index >= 15 is 0 Å². The van der Waals surface area contributed by atoms with Crippen molar-refractivity contribution in [3.05, 3.63) is 45.4 Å². The van der Waals surface area contributed by atoms with Gasteiger partial charge in [-0.1, -0.05) is 6.07 Å². The van der Waals surface area contributed by atoms with E-state index in [1.54, 1.807) is 11.3 Å². The van der Waals surface area contributed by atoms with Crippen molar-refractivity contribution in [3.63, 3.8) is 0 Å². The predicted octanol–water partition coefficient (Wildman–Crippen LogP) is 3.47. The van der Waals surface area contributed by atoms with Crippen LogP contribution in [-0.2, 0) is 11.2 Å². The Morgan fingerprint density at radius 1 is 1.33 bits per heavy atom. The maximum atomic E-state index is 12.9. The Balaban J connectivity index is 1.46. The minimum Gasteiger partial charge on any atom is -0.480 e. The molecule has 5 heteroatoms. The molecular formula is C19H22N2O2S. The van der Waals surface area contributed by atoms with Crippen LogP contribution in [0.5, 0.6) is 5.75 Å². The highest BCUT2D eigenvalue weighted by Crippen LogP contribution is 2.34. The number of ether oxygens (including phenoxy) is 1. The minimum absolute atomic E-state index is 0.128. The molecule has 1 amide bonds. The maximum absolute atomic E-state index is 12.9. The normalized spacial score (nSPS) is 23.0. The summed E-state index contributed by atoms with van der Waals surface area (Å²) in [5, 5.41) is 3.16. The van der Waals surface area contributed by atoms with Gasteiger partial charge in [-0.25, -0.2) is 4.98 Å². The zero-order valence-corrected chi connectivity index (χ0v) is 14.9. The Hall–Kier alpha value is -1.88. The van der Waals surface area contributed by atoms with E-state index in [0.29, 0.717) is 12.3 Å². The molecule has 1 saturated heterocycles. The van der Waals surface area contributed by atoms with Crippen molar-refractivity contribution in [1.29, 1.82) is 0 Å². The summed E-state index contributed by atoms with van der Waals surface area (Å²) >= 11 is 1.69. The van der Waals surface area contributed by atoms with E-state index in [9.17, 15) is 4.79 Å². The number of aromatic nitrogens is 1. The van der Waals surface area contributed by atoms with Crippen LogP contribution in [0.2, 0.25) is 0 Å². The zero-order valence-electron chi connectivity index (χ0n) is 14.1. The van der Waals surface area contributed by atoms with Crippen LogP contribution in [0.3, 0.4) is 0 Å². The van der Waals surface area contributed by atoms with Crippen molar-refractivity contribution in [1.82, 2.24) is 9.88 Å². The second kappa shape index (κ2) is 6.20. The highest BCUT2D eigenvalue weighted by Gasteiger charge is 2.35. The molecule has 0 bridgehead atoms. The number of amides is 1. The molecule has 4 nitrogen and oxygen atoms in total. The van der Waals surface area contributed by atoms with Crippen LogP contribution in [0.15, 0.2) is 23.7 Å². The van der Waals surface area contributed by atoms with Gasteiger partial charge >= 0.3 is 0 Å². The summed E-state index contributed by atoms with van der Waals surface area (Å²) in [6.07, 6.45) is 4.32. The summed E-state index contributed by atoms with van der Waals surface area (Å²) in [6, 6.07) is 4.22. The van der Waals surface area contributed by atoms with Gasteiger partial charge in [0.05, 0.1) is 5.01 Å². The average molecular weight is 342 g/mol. The fourth-order valence-corrected chi connectivity index (χ4v) is 4.44. The summed E-state index contributed by atoms with van der Waals surface area (Å²) in [4.78, 5) is 19.3. The lowest BCUT2D eigenvalue weighted by Gasteiger charge is -2.33. The molecule has 24 heavy (non-hydrogen) atoms. The predicted molar refractivity (Wildman–Crippen MR) is 94.7 cm³/mol. The third-order valence-corrected chi connectivity index (χ3v) is 6.10. The van der Waals surface area contributed by atoms with Crippen molar-refractivity contribution in [2.75, 3.05) is 13.1 Å². The molecule has 4 rings (SSSR count). The van der Waals surface area contributed by atoms with E-state index in [1.807, 2.05) is 16.5 Å². The van der Waals surface area contributed by atoms with Crippen molar-refractivity contribution in [3.8, 4) is 5.75 Å². The fraction of sp³-hybridized carbons (Fsp3) is 0.474. The summed E-state index contributed by atoms with van der Waals surface area (Å²) in [5.74, 6) is 1.38. The summed E-state index contributed by atoms with van der Waals surface area (Å²) in [7, 11) is 0. The number of piperidine rings is 1. The molecule has 0 aliphatic carbocycles. The van der Waals surface area contributed by atoms with Gasteiger partial charge in [0.15, 0.2) is 6.10 Å². The number of carbonyl (C=O) groups is 1. The fourth-order valence-electron chi connectivity index (χ4n) is 3.67. The topological polar surface area (TPSA) is 42.4 Å². The number of carbonyl (C=O) groups excluding carboxylic acids is 1. The first-order chi connectivity index (χ1) is 11.6. The van der Waals surface area contributed by atoms with Gasteiger partial charge in [0.1, 0.15) is 5.75 Å². The standard InChI is InChI=1S/C19H22N2O2S/c1-12-8-15-10-17(23-16(15)9-13(12)2)19(22)21-6-3-4-14(11-21)18-20-5-7-24-18/h5,7-9,14,17H,3-4,6,10-11H2,1-2H3/t14-,17-/m0/s1. The van der Waals surface area contributed by atoms with E-state index in [2.05, 4.69) is 31.0 Å². The number of benzene rings is 1. The molecule has 1 fully saturated rings. The molecule has 2 aliphatic heterocycles. The van der Waals surface area contributed by atoms with Gasteiger partial charge in [-0.15, -0.1) is 11.3 Å². The van der Waals surface area contributed by atoms with Crippen LogP contribution in [-0.4, -0.2) is 35.0 Å². The number of hydrogen-bond donors (Lipinski definition) is 0. The number of likely N-dealkylation sites (tertiary alicyclic amines) is 1. The van der Waals surface area contributed by atoms with Crippen LogP contribution < -0.4 is 4.74 Å². The molecule has 1 aromatic heterocycles. The molecule has 0 radical (unpaired) electrons. The van der Waals surface area contributed by atoms with Crippen molar-refractivity contribution < 1.29 is 9.53 Å². The van der Waals surface area contributed by atoms with Gasteiger partial charge in [-0.05, 0) is 49.4 Å². The van der Waals surface area contributed by atoms with E-state index in [1.165, 1.54) is 11.1 Å². The first-order valence-electron chi connectivity index (χ1n) is 8.57. The molecule has 0 N–H and O–H groups in total. The highest BCUT2D eigenvalue weighted by molar-refractivity contribution is 7.09. The van der Waals surface area contributed by atoms with Crippen molar-refractivity contribution in [2.24, 2.45) is 0 Å². The number of nitrogens with zero attached hydrogens (tertiary/aromatic N) is 2. The largest absolute Gasteiger partial charge is 0.480 e. The zero-order chi connectivity index (χ0) is 16.7.